The number of nitrogens with one attached hydrogen (secondary N) is 1. The molecule has 0 radical (unpaired) electrons. The molecule has 1 aliphatic rings. The van der Waals surface area contributed by atoms with Gasteiger partial charge < -0.3 is 19.5 Å². The van der Waals surface area contributed by atoms with Gasteiger partial charge in [0.25, 0.3) is 0 Å². The van der Waals surface area contributed by atoms with E-state index in [0.717, 1.165) is 27.0 Å². The largest absolute Gasteiger partial charge is 0.493 e. The number of hydrogen-bond donors (Lipinski definition) is 1. The Kier molecular flexibility index (Phi) is 4.97. The standard InChI is InChI=1S/C23H22N4O4S/c1-12-20-14(13-9-16(29-2)21(31-4)17(10-13)30-3)11-19(28)25-22(20)27(26-12)23-24-15-7-5-6-8-18(15)32-23/h5-10,14H,11H2,1-4H3,(H,25,28)/t14-/m1/s1. The normalized spacial score (nSPS) is 15.4. The number of rotatable bonds is 5. The Morgan fingerprint density at radius 2 is 1.81 bits per heavy atom. The first kappa shape index (κ1) is 20.3. The van der Waals surface area contributed by atoms with E-state index in [9.17, 15) is 4.79 Å². The second-order valence-electron chi connectivity index (χ2n) is 7.49. The van der Waals surface area contributed by atoms with Gasteiger partial charge >= 0.3 is 0 Å². The number of ether oxygens (including phenoxy) is 3. The highest BCUT2D eigenvalue weighted by molar-refractivity contribution is 7.20. The van der Waals surface area contributed by atoms with Gasteiger partial charge in [-0.1, -0.05) is 23.5 Å². The van der Waals surface area contributed by atoms with E-state index in [1.165, 1.54) is 11.3 Å². The molecule has 164 valence electrons. The van der Waals surface area contributed by atoms with E-state index in [-0.39, 0.29) is 18.2 Å². The van der Waals surface area contributed by atoms with Gasteiger partial charge in [0.1, 0.15) is 5.82 Å². The summed E-state index contributed by atoms with van der Waals surface area (Å²) in [6, 6.07) is 11.7. The van der Waals surface area contributed by atoms with Gasteiger partial charge in [0.05, 0.1) is 37.2 Å². The molecule has 4 aromatic rings. The Labute approximate surface area is 188 Å². The van der Waals surface area contributed by atoms with Crippen LogP contribution in [0.1, 0.15) is 29.2 Å². The Morgan fingerprint density at radius 3 is 2.47 bits per heavy atom. The molecule has 32 heavy (non-hydrogen) atoms. The molecule has 8 nitrogen and oxygen atoms in total. The van der Waals surface area contributed by atoms with Crippen LogP contribution < -0.4 is 19.5 Å². The summed E-state index contributed by atoms with van der Waals surface area (Å²) in [5, 5.41) is 8.47. The highest BCUT2D eigenvalue weighted by Crippen LogP contribution is 2.46. The molecule has 9 heteroatoms. The predicted octanol–water partition coefficient (Wildman–Crippen LogP) is 4.29. The predicted molar refractivity (Wildman–Crippen MR) is 123 cm³/mol. The van der Waals surface area contributed by atoms with Crippen molar-refractivity contribution in [2.24, 2.45) is 0 Å². The number of aromatic nitrogens is 3. The summed E-state index contributed by atoms with van der Waals surface area (Å²) in [7, 11) is 4.73. The number of amides is 1. The van der Waals surface area contributed by atoms with Gasteiger partial charge in [-0.2, -0.15) is 9.78 Å². The molecular weight excluding hydrogens is 428 g/mol. The first-order valence-corrected chi connectivity index (χ1v) is 10.9. The molecule has 0 bridgehead atoms. The van der Waals surface area contributed by atoms with Crippen LogP contribution in [0.25, 0.3) is 15.3 Å². The zero-order chi connectivity index (χ0) is 22.4. The number of hydrogen-bond acceptors (Lipinski definition) is 7. The van der Waals surface area contributed by atoms with E-state index in [4.69, 9.17) is 24.3 Å². The van der Waals surface area contributed by atoms with Crippen LogP contribution in [0, 0.1) is 6.92 Å². The number of carbonyl (C=O) groups is 1. The van der Waals surface area contributed by atoms with E-state index in [1.54, 1.807) is 26.0 Å². The zero-order valence-corrected chi connectivity index (χ0v) is 18.9. The number of aryl methyl sites for hydroxylation is 1. The van der Waals surface area contributed by atoms with Crippen molar-refractivity contribution < 1.29 is 19.0 Å². The number of anilines is 1. The van der Waals surface area contributed by atoms with Gasteiger partial charge in [-0.05, 0) is 36.8 Å². The molecule has 3 heterocycles. The molecule has 2 aromatic carbocycles. The molecule has 5 rings (SSSR count). The Morgan fingerprint density at radius 1 is 1.09 bits per heavy atom. The molecule has 1 atom stereocenters. The monoisotopic (exact) mass is 450 g/mol. The molecule has 2 aromatic heterocycles. The van der Waals surface area contributed by atoms with Crippen molar-refractivity contribution in [1.82, 2.24) is 14.8 Å². The lowest BCUT2D eigenvalue weighted by Gasteiger charge is -2.25. The van der Waals surface area contributed by atoms with E-state index in [2.05, 4.69) is 5.32 Å². The number of thiazole rings is 1. The van der Waals surface area contributed by atoms with Gasteiger partial charge in [0.2, 0.25) is 16.8 Å². The molecular formula is C23H22N4O4S. The maximum absolute atomic E-state index is 12.8. The lowest BCUT2D eigenvalue weighted by atomic mass is 9.85. The summed E-state index contributed by atoms with van der Waals surface area (Å²) < 4.78 is 19.3. The minimum atomic E-state index is -0.212. The smallest absolute Gasteiger partial charge is 0.226 e. The van der Waals surface area contributed by atoms with Gasteiger partial charge in [0.15, 0.2) is 11.5 Å². The van der Waals surface area contributed by atoms with Crippen molar-refractivity contribution in [3.63, 3.8) is 0 Å². The highest BCUT2D eigenvalue weighted by Gasteiger charge is 2.34. The van der Waals surface area contributed by atoms with Gasteiger partial charge in [-0.25, -0.2) is 4.98 Å². The van der Waals surface area contributed by atoms with Crippen LogP contribution in [0.4, 0.5) is 5.82 Å². The Bertz CT molecular complexity index is 1290. The minimum absolute atomic E-state index is 0.0847. The van der Waals surface area contributed by atoms with E-state index >= 15 is 0 Å². The quantitative estimate of drug-likeness (QED) is 0.488. The lowest BCUT2D eigenvalue weighted by Crippen LogP contribution is -2.25. The average Bonchev–Trinajstić information content (AvgIpc) is 3.38. The number of benzene rings is 2. The first-order chi connectivity index (χ1) is 15.5. The van der Waals surface area contributed by atoms with Crippen molar-refractivity contribution in [3.8, 4) is 22.4 Å². The second-order valence-corrected chi connectivity index (χ2v) is 8.50. The molecule has 0 unspecified atom stereocenters. The molecule has 0 saturated heterocycles. The molecule has 0 saturated carbocycles. The average molecular weight is 451 g/mol. The molecule has 0 fully saturated rings. The van der Waals surface area contributed by atoms with E-state index in [0.29, 0.717) is 28.2 Å². The van der Waals surface area contributed by atoms with Gasteiger partial charge in [-0.15, -0.1) is 0 Å². The molecule has 1 N–H and O–H groups in total. The van der Waals surface area contributed by atoms with Crippen molar-refractivity contribution in [3.05, 3.63) is 53.2 Å². The highest BCUT2D eigenvalue weighted by atomic mass is 32.1. The zero-order valence-electron chi connectivity index (χ0n) is 18.1. The topological polar surface area (TPSA) is 87.5 Å². The lowest BCUT2D eigenvalue weighted by molar-refractivity contribution is -0.116. The fraction of sp³-hybridized carbons (Fsp3) is 0.261. The third-order valence-electron chi connectivity index (χ3n) is 5.66. The summed E-state index contributed by atoms with van der Waals surface area (Å²) in [5.74, 6) is 1.96. The Balaban J connectivity index is 1.67. The third-order valence-corrected chi connectivity index (χ3v) is 6.67. The van der Waals surface area contributed by atoms with E-state index in [1.807, 2.05) is 43.3 Å². The SMILES string of the molecule is COc1cc([C@H]2CC(=O)Nc3c2c(C)nn3-c2nc3ccccc3s2)cc(OC)c1OC. The van der Waals surface area contributed by atoms with Crippen molar-refractivity contribution in [1.29, 1.82) is 0 Å². The third kappa shape index (κ3) is 3.16. The molecule has 0 aliphatic carbocycles. The fourth-order valence-electron chi connectivity index (χ4n) is 4.22. The maximum Gasteiger partial charge on any atom is 0.226 e. The Hall–Kier alpha value is -3.59. The number of carbonyl (C=O) groups excluding carboxylic acids is 1. The number of para-hydroxylation sites is 1. The minimum Gasteiger partial charge on any atom is -0.493 e. The van der Waals surface area contributed by atoms with Crippen molar-refractivity contribution in [2.75, 3.05) is 26.6 Å². The van der Waals surface area contributed by atoms with Gasteiger partial charge in [0, 0.05) is 17.9 Å². The summed E-state index contributed by atoms with van der Waals surface area (Å²) in [6.07, 6.45) is 0.290. The van der Waals surface area contributed by atoms with Gasteiger partial charge in [-0.3, -0.25) is 4.79 Å². The van der Waals surface area contributed by atoms with Crippen LogP contribution >= 0.6 is 11.3 Å². The molecule has 1 aliphatic heterocycles. The molecule has 0 spiro atoms. The maximum atomic E-state index is 12.8. The van der Waals surface area contributed by atoms with Crippen LogP contribution in [0.3, 0.4) is 0 Å². The second kappa shape index (κ2) is 7.83. The number of fused-ring (bicyclic) bond motifs is 2. The number of methoxy groups -OCH3 is 3. The molecule has 1 amide bonds. The van der Waals surface area contributed by atoms with Crippen LogP contribution in [-0.2, 0) is 4.79 Å². The van der Waals surface area contributed by atoms with Crippen LogP contribution in [0.5, 0.6) is 17.2 Å². The van der Waals surface area contributed by atoms with Crippen molar-refractivity contribution >= 4 is 33.3 Å². The van der Waals surface area contributed by atoms with E-state index < -0.39 is 0 Å². The first-order valence-electron chi connectivity index (χ1n) is 10.1. The van der Waals surface area contributed by atoms with Crippen molar-refractivity contribution in [2.45, 2.75) is 19.3 Å². The number of nitrogens with zero attached hydrogens (tertiary/aromatic N) is 3. The summed E-state index contributed by atoms with van der Waals surface area (Å²) >= 11 is 1.53. The summed E-state index contributed by atoms with van der Waals surface area (Å²) in [6.45, 7) is 1.95. The fourth-order valence-corrected chi connectivity index (χ4v) is 5.15. The summed E-state index contributed by atoms with van der Waals surface area (Å²) in [5.41, 5.74) is 3.58. The summed E-state index contributed by atoms with van der Waals surface area (Å²) in [4.78, 5) is 17.5. The van der Waals surface area contributed by atoms with Crippen LogP contribution in [0.15, 0.2) is 36.4 Å². The van der Waals surface area contributed by atoms with Crippen LogP contribution in [0.2, 0.25) is 0 Å². The van der Waals surface area contributed by atoms with Crippen LogP contribution in [-0.4, -0.2) is 42.0 Å².